The number of guanidine groups is 1. The molecule has 1 heterocycles. The third-order valence-corrected chi connectivity index (χ3v) is 6.14. The highest BCUT2D eigenvalue weighted by atomic mass is 32.2. The summed E-state index contributed by atoms with van der Waals surface area (Å²) in [4.78, 5) is 17.4. The van der Waals surface area contributed by atoms with Crippen molar-refractivity contribution in [3.8, 4) is 0 Å². The molecule has 0 unspecified atom stereocenters. The van der Waals surface area contributed by atoms with Crippen LogP contribution in [-0.4, -0.2) is 68.7 Å². The standard InChI is InChI=1S/C14H28N4O4S/c1-5-22-13(19)18-8-6-11(7-9-18)17-12(15)16-10-14(2,3)23(4,20)21/h11H,5-10H2,1-4H3,(H3,15,16,17). The second-order valence-electron chi connectivity index (χ2n) is 6.34. The highest BCUT2D eigenvalue weighted by Crippen LogP contribution is 2.15. The van der Waals surface area contributed by atoms with E-state index in [0.29, 0.717) is 19.7 Å². The molecule has 0 atom stereocenters. The zero-order valence-electron chi connectivity index (χ0n) is 14.3. The third-order valence-electron chi connectivity index (χ3n) is 4.01. The molecule has 1 fully saturated rings. The Hall–Kier alpha value is -1.51. The van der Waals surface area contributed by atoms with Crippen LogP contribution in [0.1, 0.15) is 33.6 Å². The third kappa shape index (κ3) is 5.89. The van der Waals surface area contributed by atoms with Gasteiger partial charge in [0.05, 0.1) is 17.9 Å². The maximum atomic E-state index is 11.6. The Morgan fingerprint density at radius 1 is 1.39 bits per heavy atom. The zero-order valence-corrected chi connectivity index (χ0v) is 15.1. The summed E-state index contributed by atoms with van der Waals surface area (Å²) < 4.78 is 27.3. The number of nitrogens with two attached hydrogens (primary N) is 1. The number of sulfone groups is 1. The Labute approximate surface area is 138 Å². The minimum atomic E-state index is -3.20. The molecule has 0 bridgehead atoms. The van der Waals surface area contributed by atoms with Gasteiger partial charge in [0.15, 0.2) is 15.8 Å². The van der Waals surface area contributed by atoms with Gasteiger partial charge < -0.3 is 20.7 Å². The van der Waals surface area contributed by atoms with Gasteiger partial charge in [0.2, 0.25) is 0 Å². The first-order chi connectivity index (χ1) is 10.6. The van der Waals surface area contributed by atoms with E-state index in [9.17, 15) is 13.2 Å². The molecule has 0 aromatic rings. The van der Waals surface area contributed by atoms with Crippen LogP contribution in [-0.2, 0) is 14.6 Å². The fourth-order valence-corrected chi connectivity index (χ4v) is 2.37. The van der Waals surface area contributed by atoms with Gasteiger partial charge in [-0.1, -0.05) is 0 Å². The number of aliphatic imine (C=N–C) groups is 1. The maximum Gasteiger partial charge on any atom is 0.409 e. The monoisotopic (exact) mass is 348 g/mol. The van der Waals surface area contributed by atoms with Crippen molar-refractivity contribution in [1.82, 2.24) is 10.2 Å². The molecule has 23 heavy (non-hydrogen) atoms. The van der Waals surface area contributed by atoms with Crippen molar-refractivity contribution in [2.45, 2.75) is 44.4 Å². The lowest BCUT2D eigenvalue weighted by atomic mass is 10.1. The van der Waals surface area contributed by atoms with E-state index in [-0.39, 0.29) is 24.6 Å². The quantitative estimate of drug-likeness (QED) is 0.547. The Morgan fingerprint density at radius 2 is 1.96 bits per heavy atom. The Morgan fingerprint density at radius 3 is 2.43 bits per heavy atom. The zero-order chi connectivity index (χ0) is 17.7. The molecule has 8 nitrogen and oxygen atoms in total. The lowest BCUT2D eigenvalue weighted by Gasteiger charge is -2.32. The molecule has 0 aromatic carbocycles. The summed E-state index contributed by atoms with van der Waals surface area (Å²) in [6.45, 7) is 6.69. The molecule has 0 saturated carbocycles. The van der Waals surface area contributed by atoms with E-state index < -0.39 is 14.6 Å². The van der Waals surface area contributed by atoms with Gasteiger partial charge in [-0.2, -0.15) is 0 Å². The first kappa shape index (κ1) is 19.5. The van der Waals surface area contributed by atoms with Crippen LogP contribution in [0.2, 0.25) is 0 Å². The lowest BCUT2D eigenvalue weighted by Crippen LogP contribution is -2.49. The van der Waals surface area contributed by atoms with Crippen LogP contribution in [0.5, 0.6) is 0 Å². The fraction of sp³-hybridized carbons (Fsp3) is 0.857. The van der Waals surface area contributed by atoms with Crippen LogP contribution in [0.25, 0.3) is 0 Å². The molecule has 0 aromatic heterocycles. The minimum Gasteiger partial charge on any atom is -0.450 e. The van der Waals surface area contributed by atoms with E-state index in [2.05, 4.69) is 10.3 Å². The maximum absolute atomic E-state index is 11.6. The van der Waals surface area contributed by atoms with Gasteiger partial charge in [-0.3, -0.25) is 4.99 Å². The van der Waals surface area contributed by atoms with E-state index in [4.69, 9.17) is 10.5 Å². The summed E-state index contributed by atoms with van der Waals surface area (Å²) in [5.41, 5.74) is 5.84. The highest BCUT2D eigenvalue weighted by molar-refractivity contribution is 7.92. The number of piperidine rings is 1. The molecule has 3 N–H and O–H groups in total. The van der Waals surface area contributed by atoms with Crippen LogP contribution in [0, 0.1) is 0 Å². The Balaban J connectivity index is 2.46. The molecule has 1 aliphatic heterocycles. The number of likely N-dealkylation sites (tertiary alicyclic amines) is 1. The van der Waals surface area contributed by atoms with E-state index in [0.717, 1.165) is 12.8 Å². The lowest BCUT2D eigenvalue weighted by molar-refractivity contribution is 0.0963. The van der Waals surface area contributed by atoms with Crippen molar-refractivity contribution in [3.63, 3.8) is 0 Å². The number of amides is 1. The van der Waals surface area contributed by atoms with Crippen molar-refractivity contribution < 1.29 is 17.9 Å². The van der Waals surface area contributed by atoms with Gasteiger partial charge in [0.25, 0.3) is 0 Å². The van der Waals surface area contributed by atoms with Gasteiger partial charge in [-0.15, -0.1) is 0 Å². The molecule has 0 aliphatic carbocycles. The minimum absolute atomic E-state index is 0.104. The molecule has 1 aliphatic rings. The molecule has 0 spiro atoms. The summed E-state index contributed by atoms with van der Waals surface area (Å²) in [6, 6.07) is 0.116. The molecule has 9 heteroatoms. The number of rotatable bonds is 5. The summed E-state index contributed by atoms with van der Waals surface area (Å²) in [6.07, 6.45) is 2.38. The van der Waals surface area contributed by atoms with E-state index in [1.54, 1.807) is 25.7 Å². The summed E-state index contributed by atoms with van der Waals surface area (Å²) in [7, 11) is -3.20. The molecule has 134 valence electrons. The van der Waals surface area contributed by atoms with Gasteiger partial charge >= 0.3 is 6.09 Å². The number of ether oxygens (including phenoxy) is 1. The van der Waals surface area contributed by atoms with E-state index in [1.807, 2.05) is 0 Å². The van der Waals surface area contributed by atoms with Crippen LogP contribution in [0.3, 0.4) is 0 Å². The summed E-state index contributed by atoms with van der Waals surface area (Å²) in [5.74, 6) is 0.233. The topological polar surface area (TPSA) is 114 Å². The molecule has 1 saturated heterocycles. The number of hydrogen-bond acceptors (Lipinski definition) is 5. The number of nitrogens with zero attached hydrogens (tertiary/aromatic N) is 2. The smallest absolute Gasteiger partial charge is 0.409 e. The van der Waals surface area contributed by atoms with Crippen LogP contribution in [0.15, 0.2) is 4.99 Å². The fourth-order valence-electron chi connectivity index (χ4n) is 2.07. The number of nitrogens with one attached hydrogen (secondary N) is 1. The number of carbonyl (C=O) groups excluding carboxylic acids is 1. The van der Waals surface area contributed by atoms with Gasteiger partial charge in [-0.05, 0) is 33.6 Å². The Kier molecular flexibility index (Phi) is 6.67. The first-order valence-corrected chi connectivity index (χ1v) is 9.63. The predicted octanol–water partition coefficient (Wildman–Crippen LogP) is 0.335. The molecule has 1 rings (SSSR count). The van der Waals surface area contributed by atoms with Crippen molar-refractivity contribution in [2.24, 2.45) is 10.7 Å². The average Bonchev–Trinajstić information content (AvgIpc) is 2.45. The summed E-state index contributed by atoms with van der Waals surface area (Å²) in [5, 5.41) is 3.09. The van der Waals surface area contributed by atoms with Crippen LogP contribution < -0.4 is 11.1 Å². The number of carbonyl (C=O) groups is 1. The number of hydrogen-bond donors (Lipinski definition) is 2. The van der Waals surface area contributed by atoms with E-state index in [1.165, 1.54) is 6.26 Å². The van der Waals surface area contributed by atoms with Crippen molar-refractivity contribution in [3.05, 3.63) is 0 Å². The molecular formula is C14H28N4O4S. The van der Waals surface area contributed by atoms with Crippen LogP contribution >= 0.6 is 0 Å². The first-order valence-electron chi connectivity index (χ1n) is 7.74. The molecule has 0 radical (unpaired) electrons. The van der Waals surface area contributed by atoms with Crippen molar-refractivity contribution >= 4 is 21.9 Å². The molecular weight excluding hydrogens is 320 g/mol. The predicted molar refractivity (Wildman–Crippen MR) is 90.2 cm³/mol. The molecule has 1 amide bonds. The van der Waals surface area contributed by atoms with Gasteiger partial charge in [0, 0.05) is 25.4 Å². The van der Waals surface area contributed by atoms with Gasteiger partial charge in [-0.25, -0.2) is 13.2 Å². The second kappa shape index (κ2) is 7.85. The van der Waals surface area contributed by atoms with Gasteiger partial charge in [0.1, 0.15) is 0 Å². The van der Waals surface area contributed by atoms with Crippen molar-refractivity contribution in [2.75, 3.05) is 32.5 Å². The SMILES string of the molecule is CCOC(=O)N1CCC(NC(N)=NCC(C)(C)S(C)(=O)=O)CC1. The Bertz CT molecular complexity index is 537. The van der Waals surface area contributed by atoms with Crippen molar-refractivity contribution in [1.29, 1.82) is 0 Å². The average molecular weight is 348 g/mol. The van der Waals surface area contributed by atoms with E-state index >= 15 is 0 Å². The summed E-state index contributed by atoms with van der Waals surface area (Å²) >= 11 is 0. The largest absolute Gasteiger partial charge is 0.450 e. The second-order valence-corrected chi connectivity index (χ2v) is 8.99. The van der Waals surface area contributed by atoms with Crippen LogP contribution in [0.4, 0.5) is 4.79 Å². The highest BCUT2D eigenvalue weighted by Gasteiger charge is 2.30. The normalized spacial score (nSPS) is 17.9.